The number of benzene rings is 2. The molecule has 12 heteroatoms. The number of anilines is 1. The lowest BCUT2D eigenvalue weighted by atomic mass is 10.1. The normalized spacial score (nSPS) is 11.7. The van der Waals surface area contributed by atoms with Crippen molar-refractivity contribution in [3.63, 3.8) is 0 Å². The minimum Gasteiger partial charge on any atom is -0.398 e. The van der Waals surface area contributed by atoms with Gasteiger partial charge in [0.05, 0.1) is 18.1 Å². The zero-order chi connectivity index (χ0) is 21.5. The van der Waals surface area contributed by atoms with Crippen molar-refractivity contribution < 1.29 is 25.9 Å². The zero-order valence-corrected chi connectivity index (χ0v) is 16.3. The molecule has 0 aliphatic carbocycles. The lowest BCUT2D eigenvalue weighted by molar-refractivity contribution is 0.467. The fourth-order valence-corrected chi connectivity index (χ4v) is 4.35. The Morgan fingerprint density at radius 2 is 1.34 bits per heavy atom. The first-order chi connectivity index (χ1) is 13.6. The van der Waals surface area contributed by atoms with Gasteiger partial charge >= 0.3 is 0 Å². The summed E-state index contributed by atoms with van der Waals surface area (Å²) in [6.45, 7) is 0. The number of hydrogen-bond acceptors (Lipinski definition) is 8. The molecule has 0 unspecified atom stereocenters. The number of nitrogens with zero attached hydrogens (tertiary/aromatic N) is 3. The van der Waals surface area contributed by atoms with Crippen LogP contribution < -0.4 is 5.73 Å². The van der Waals surface area contributed by atoms with Crippen molar-refractivity contribution in [2.75, 3.05) is 5.73 Å². The van der Waals surface area contributed by atoms with Crippen LogP contribution in [0.1, 0.15) is 11.1 Å². The van der Waals surface area contributed by atoms with Crippen LogP contribution in [0.3, 0.4) is 0 Å². The number of hydrogen-bond donors (Lipinski definition) is 3. The van der Waals surface area contributed by atoms with Gasteiger partial charge in [-0.3, -0.25) is 9.11 Å². The molecule has 2 aromatic carbocycles. The fraction of sp³-hybridized carbons (Fsp3) is 0. The molecule has 0 fully saturated rings. The monoisotopic (exact) mass is 436 g/mol. The molecule has 4 N–H and O–H groups in total. The lowest BCUT2D eigenvalue weighted by Crippen LogP contribution is -2.13. The van der Waals surface area contributed by atoms with Crippen molar-refractivity contribution >= 4 is 38.1 Å². The number of nitrogen functional groups attached to an aromatic ring is 1. The van der Waals surface area contributed by atoms with E-state index < -0.39 is 35.7 Å². The molecule has 0 amide bonds. The summed E-state index contributed by atoms with van der Waals surface area (Å²) >= 11 is 0. The molecule has 0 radical (unpaired) electrons. The highest BCUT2D eigenvalue weighted by Gasteiger charge is 2.29. The van der Waals surface area contributed by atoms with Crippen molar-refractivity contribution in [2.45, 2.75) is 9.79 Å². The van der Waals surface area contributed by atoms with E-state index in [9.17, 15) is 25.9 Å². The smallest absolute Gasteiger partial charge is 0.298 e. The van der Waals surface area contributed by atoms with Crippen LogP contribution in [0, 0.1) is 0 Å². The molecule has 3 aromatic rings. The summed E-state index contributed by atoms with van der Waals surface area (Å²) in [6.07, 6.45) is 5.97. The highest BCUT2D eigenvalue weighted by molar-refractivity contribution is 7.89. The number of aromatic nitrogens is 3. The first-order valence-electron chi connectivity index (χ1n) is 7.79. The third-order valence-corrected chi connectivity index (χ3v) is 5.39. The third kappa shape index (κ3) is 6.43. The third-order valence-electron chi connectivity index (χ3n) is 3.35. The Labute approximate surface area is 167 Å². The van der Waals surface area contributed by atoms with E-state index in [2.05, 4.69) is 15.4 Å². The van der Waals surface area contributed by atoms with E-state index >= 15 is 0 Å². The highest BCUT2D eigenvalue weighted by atomic mass is 32.2. The SMILES string of the molecule is Nc1ccc(C=Cc2ccccc2)c(S(=O)(=O)O)c1S(=O)(=O)O.c1cnnnc1. The van der Waals surface area contributed by atoms with Crippen LogP contribution in [0.4, 0.5) is 5.69 Å². The molecule has 3 rings (SSSR count). The van der Waals surface area contributed by atoms with Crippen LogP contribution in [-0.4, -0.2) is 41.4 Å². The first-order valence-corrected chi connectivity index (χ1v) is 10.7. The van der Waals surface area contributed by atoms with Crippen molar-refractivity contribution in [3.05, 3.63) is 72.1 Å². The van der Waals surface area contributed by atoms with Crippen LogP contribution in [-0.2, 0) is 20.2 Å². The Hall–Kier alpha value is -3.19. The minimum atomic E-state index is -4.95. The van der Waals surface area contributed by atoms with Crippen molar-refractivity contribution in [2.24, 2.45) is 0 Å². The minimum absolute atomic E-state index is 0.127. The molecule has 10 nitrogen and oxygen atoms in total. The van der Waals surface area contributed by atoms with Crippen LogP contribution in [0.15, 0.2) is 70.7 Å². The van der Waals surface area contributed by atoms with E-state index in [1.165, 1.54) is 18.2 Å². The Kier molecular flexibility index (Phi) is 7.12. The van der Waals surface area contributed by atoms with Gasteiger partial charge in [-0.15, -0.1) is 10.2 Å². The maximum absolute atomic E-state index is 11.6. The summed E-state index contributed by atoms with van der Waals surface area (Å²) in [6, 6.07) is 12.9. The second kappa shape index (κ2) is 9.34. The van der Waals surface area contributed by atoms with Gasteiger partial charge in [0.1, 0.15) is 9.79 Å². The zero-order valence-electron chi connectivity index (χ0n) is 14.7. The molecular weight excluding hydrogens is 420 g/mol. The Balaban J connectivity index is 0.000000426. The first kappa shape index (κ1) is 22.1. The molecule has 0 atom stereocenters. The van der Waals surface area contributed by atoms with Crippen molar-refractivity contribution in [3.8, 4) is 0 Å². The van der Waals surface area contributed by atoms with E-state index in [0.29, 0.717) is 0 Å². The molecule has 0 aliphatic rings. The van der Waals surface area contributed by atoms with Gasteiger partial charge in [0.2, 0.25) is 0 Å². The van der Waals surface area contributed by atoms with Gasteiger partial charge in [0.25, 0.3) is 20.2 Å². The van der Waals surface area contributed by atoms with E-state index in [1.54, 1.807) is 48.8 Å². The Morgan fingerprint density at radius 3 is 1.79 bits per heavy atom. The van der Waals surface area contributed by atoms with Crippen LogP contribution in [0.2, 0.25) is 0 Å². The second-order valence-electron chi connectivity index (χ2n) is 5.41. The summed E-state index contributed by atoms with van der Waals surface area (Å²) in [7, 11) is -9.90. The van der Waals surface area contributed by atoms with Gasteiger partial charge in [-0.05, 0) is 28.5 Å². The van der Waals surface area contributed by atoms with Crippen molar-refractivity contribution in [1.29, 1.82) is 0 Å². The summed E-state index contributed by atoms with van der Waals surface area (Å²) in [5.41, 5.74) is 5.55. The number of rotatable bonds is 4. The Bertz CT molecular complexity index is 1170. The van der Waals surface area contributed by atoms with E-state index in [4.69, 9.17) is 5.73 Å². The van der Waals surface area contributed by atoms with E-state index in [0.717, 1.165) is 11.6 Å². The average molecular weight is 436 g/mol. The van der Waals surface area contributed by atoms with Crippen LogP contribution in [0.25, 0.3) is 12.2 Å². The molecule has 0 saturated carbocycles. The maximum Gasteiger partial charge on any atom is 0.298 e. The Morgan fingerprint density at radius 1 is 0.759 bits per heavy atom. The van der Waals surface area contributed by atoms with Gasteiger partial charge in [-0.2, -0.15) is 16.8 Å². The summed E-state index contributed by atoms with van der Waals surface area (Å²) < 4.78 is 64.6. The largest absolute Gasteiger partial charge is 0.398 e. The van der Waals surface area contributed by atoms with Gasteiger partial charge in [0, 0.05) is 0 Å². The maximum atomic E-state index is 11.6. The van der Waals surface area contributed by atoms with Crippen LogP contribution in [0.5, 0.6) is 0 Å². The topological polar surface area (TPSA) is 173 Å². The molecule has 1 aromatic heterocycles. The predicted molar refractivity (Wildman–Crippen MR) is 106 cm³/mol. The van der Waals surface area contributed by atoms with Gasteiger partial charge in [0.15, 0.2) is 0 Å². The molecule has 29 heavy (non-hydrogen) atoms. The quantitative estimate of drug-likeness (QED) is 0.311. The van der Waals surface area contributed by atoms with E-state index in [-0.39, 0.29) is 5.56 Å². The molecule has 0 bridgehead atoms. The molecule has 1 heterocycles. The summed E-state index contributed by atoms with van der Waals surface area (Å²) in [5, 5.41) is 10.1. The standard InChI is InChI=1S/C14H13NO6S2.C3H3N3/c15-12-9-8-11(7-6-10-4-2-1-3-5-10)13(22(16,17)18)14(12)23(19,20)21;1-2-4-6-5-3-1/h1-9H,15H2,(H,16,17,18)(H,19,20,21);1-3H. The highest BCUT2D eigenvalue weighted by Crippen LogP contribution is 2.31. The van der Waals surface area contributed by atoms with Gasteiger partial charge in [-0.1, -0.05) is 48.6 Å². The molecule has 0 spiro atoms. The molecule has 152 valence electrons. The lowest BCUT2D eigenvalue weighted by Gasteiger charge is -2.10. The number of nitrogens with two attached hydrogens (primary N) is 1. The van der Waals surface area contributed by atoms with E-state index in [1.807, 2.05) is 0 Å². The fourth-order valence-electron chi connectivity index (χ4n) is 2.21. The molecule has 0 aliphatic heterocycles. The van der Waals surface area contributed by atoms with Gasteiger partial charge in [-0.25, -0.2) is 0 Å². The molecule has 0 saturated heterocycles. The van der Waals surface area contributed by atoms with Gasteiger partial charge < -0.3 is 5.73 Å². The summed E-state index contributed by atoms with van der Waals surface area (Å²) in [5.74, 6) is 0. The van der Waals surface area contributed by atoms with Crippen LogP contribution >= 0.6 is 0 Å². The molecular formula is C17H16N4O6S2. The second-order valence-corrected chi connectivity index (χ2v) is 8.12. The average Bonchev–Trinajstić information content (AvgIpc) is 2.68. The summed E-state index contributed by atoms with van der Waals surface area (Å²) in [4.78, 5) is -2.01. The van der Waals surface area contributed by atoms with Crippen molar-refractivity contribution in [1.82, 2.24) is 15.4 Å². The predicted octanol–water partition coefficient (Wildman–Crippen LogP) is 1.80.